The Morgan fingerprint density at radius 2 is 2.32 bits per heavy atom. The number of benzene rings is 1. The number of piperidine rings is 1. The summed E-state index contributed by atoms with van der Waals surface area (Å²) < 4.78 is 18.9. The van der Waals surface area contributed by atoms with Gasteiger partial charge in [0.2, 0.25) is 0 Å². The molecule has 0 spiro atoms. The van der Waals surface area contributed by atoms with Crippen LogP contribution in [-0.4, -0.2) is 38.7 Å². The van der Waals surface area contributed by atoms with E-state index in [1.807, 2.05) is 0 Å². The molecule has 1 saturated heterocycles. The fourth-order valence-electron chi connectivity index (χ4n) is 2.58. The number of rotatable bonds is 4. The van der Waals surface area contributed by atoms with Gasteiger partial charge in [-0.05, 0) is 32.4 Å². The first kappa shape index (κ1) is 13.9. The van der Waals surface area contributed by atoms with E-state index in [0.29, 0.717) is 23.0 Å². The first-order valence-corrected chi connectivity index (χ1v) is 6.65. The van der Waals surface area contributed by atoms with Crippen LogP contribution in [0.4, 0.5) is 15.8 Å². The Kier molecular flexibility index (Phi) is 4.47. The van der Waals surface area contributed by atoms with E-state index in [1.54, 1.807) is 6.07 Å². The van der Waals surface area contributed by atoms with Crippen LogP contribution < -0.4 is 15.8 Å². The van der Waals surface area contributed by atoms with E-state index in [4.69, 9.17) is 10.5 Å². The fraction of sp³-hybridized carbons (Fsp3) is 0.571. The normalized spacial score (nSPS) is 20.3. The number of likely N-dealkylation sites (tertiary alicyclic amines) is 1. The highest BCUT2D eigenvalue weighted by atomic mass is 19.1. The smallest absolute Gasteiger partial charge is 0.148 e. The molecule has 1 aromatic carbocycles. The van der Waals surface area contributed by atoms with E-state index < -0.39 is 0 Å². The van der Waals surface area contributed by atoms with Crippen LogP contribution in [0.15, 0.2) is 12.1 Å². The summed E-state index contributed by atoms with van der Waals surface area (Å²) in [7, 11) is 3.66. The van der Waals surface area contributed by atoms with Crippen molar-refractivity contribution in [1.29, 1.82) is 0 Å². The molecule has 0 aromatic heterocycles. The quantitative estimate of drug-likeness (QED) is 0.821. The highest BCUT2D eigenvalue weighted by molar-refractivity contribution is 5.62. The minimum Gasteiger partial charge on any atom is -0.495 e. The van der Waals surface area contributed by atoms with Crippen molar-refractivity contribution in [3.63, 3.8) is 0 Å². The van der Waals surface area contributed by atoms with Crippen molar-refractivity contribution < 1.29 is 9.13 Å². The Labute approximate surface area is 113 Å². The minimum absolute atomic E-state index is 0.322. The van der Waals surface area contributed by atoms with Crippen LogP contribution in [0.1, 0.15) is 12.8 Å². The van der Waals surface area contributed by atoms with Gasteiger partial charge in [0.05, 0.1) is 18.5 Å². The average Bonchev–Trinajstić information content (AvgIpc) is 2.38. The lowest BCUT2D eigenvalue weighted by Gasteiger charge is -2.30. The van der Waals surface area contributed by atoms with Crippen molar-refractivity contribution in [3.05, 3.63) is 17.9 Å². The fourth-order valence-corrected chi connectivity index (χ4v) is 2.58. The van der Waals surface area contributed by atoms with Crippen LogP contribution in [0.3, 0.4) is 0 Å². The molecule has 1 aliphatic heterocycles. The van der Waals surface area contributed by atoms with Crippen molar-refractivity contribution in [2.75, 3.05) is 44.8 Å². The van der Waals surface area contributed by atoms with Crippen molar-refractivity contribution in [1.82, 2.24) is 4.90 Å². The van der Waals surface area contributed by atoms with Crippen molar-refractivity contribution in [2.45, 2.75) is 12.8 Å². The molecular formula is C14H22FN3O. The lowest BCUT2D eigenvalue weighted by molar-refractivity contribution is 0.217. The second kappa shape index (κ2) is 6.10. The molecule has 1 aromatic rings. The zero-order valence-electron chi connectivity index (χ0n) is 11.6. The van der Waals surface area contributed by atoms with E-state index in [0.717, 1.165) is 19.6 Å². The number of methoxy groups -OCH3 is 1. The molecule has 106 valence electrons. The Morgan fingerprint density at radius 1 is 1.53 bits per heavy atom. The third kappa shape index (κ3) is 3.50. The summed E-state index contributed by atoms with van der Waals surface area (Å²) in [4.78, 5) is 2.32. The molecule has 0 bridgehead atoms. The van der Waals surface area contributed by atoms with E-state index in [2.05, 4.69) is 17.3 Å². The lowest BCUT2D eigenvalue weighted by Crippen LogP contribution is -2.35. The Bertz CT molecular complexity index is 439. The van der Waals surface area contributed by atoms with Gasteiger partial charge < -0.3 is 20.7 Å². The second-order valence-corrected chi connectivity index (χ2v) is 5.23. The molecule has 1 aliphatic rings. The highest BCUT2D eigenvalue weighted by Crippen LogP contribution is 2.28. The van der Waals surface area contributed by atoms with Crippen LogP contribution in [0.2, 0.25) is 0 Å². The molecule has 5 heteroatoms. The molecule has 0 amide bonds. The molecule has 2 rings (SSSR count). The van der Waals surface area contributed by atoms with E-state index >= 15 is 0 Å². The summed E-state index contributed by atoms with van der Waals surface area (Å²) in [6, 6.07) is 2.92. The number of hydrogen-bond acceptors (Lipinski definition) is 4. The van der Waals surface area contributed by atoms with Crippen molar-refractivity contribution in [2.24, 2.45) is 5.92 Å². The third-order valence-corrected chi connectivity index (χ3v) is 3.62. The lowest BCUT2D eigenvalue weighted by atomic mass is 9.98. The molecule has 1 fully saturated rings. The molecule has 0 saturated carbocycles. The van der Waals surface area contributed by atoms with Gasteiger partial charge in [-0.1, -0.05) is 0 Å². The molecule has 0 aliphatic carbocycles. The molecule has 3 N–H and O–H groups in total. The molecule has 1 atom stereocenters. The van der Waals surface area contributed by atoms with Crippen LogP contribution in [0.5, 0.6) is 5.75 Å². The van der Waals surface area contributed by atoms with Gasteiger partial charge in [0, 0.05) is 25.2 Å². The number of halogens is 1. The van der Waals surface area contributed by atoms with Gasteiger partial charge in [-0.3, -0.25) is 0 Å². The predicted molar refractivity (Wildman–Crippen MR) is 76.1 cm³/mol. The Balaban J connectivity index is 1.99. The van der Waals surface area contributed by atoms with Gasteiger partial charge in [-0.15, -0.1) is 0 Å². The van der Waals surface area contributed by atoms with E-state index in [1.165, 1.54) is 26.0 Å². The second-order valence-electron chi connectivity index (χ2n) is 5.23. The van der Waals surface area contributed by atoms with Crippen molar-refractivity contribution >= 4 is 11.4 Å². The van der Waals surface area contributed by atoms with Gasteiger partial charge in [0.1, 0.15) is 11.6 Å². The van der Waals surface area contributed by atoms with Gasteiger partial charge in [0.25, 0.3) is 0 Å². The minimum atomic E-state index is -0.331. The number of nitrogens with two attached hydrogens (primary N) is 1. The molecular weight excluding hydrogens is 245 g/mol. The predicted octanol–water partition coefficient (Wildman–Crippen LogP) is 2.17. The molecule has 4 nitrogen and oxygen atoms in total. The maximum absolute atomic E-state index is 13.8. The number of hydrogen-bond donors (Lipinski definition) is 2. The van der Waals surface area contributed by atoms with Gasteiger partial charge in [0.15, 0.2) is 0 Å². The summed E-state index contributed by atoms with van der Waals surface area (Å²) in [5.74, 6) is 0.730. The maximum atomic E-state index is 13.8. The number of nitrogens with zero attached hydrogens (tertiary/aromatic N) is 1. The summed E-state index contributed by atoms with van der Waals surface area (Å²) >= 11 is 0. The van der Waals surface area contributed by atoms with E-state index in [9.17, 15) is 4.39 Å². The largest absolute Gasteiger partial charge is 0.495 e. The topological polar surface area (TPSA) is 50.5 Å². The summed E-state index contributed by atoms with van der Waals surface area (Å²) in [6.07, 6.45) is 2.39. The first-order chi connectivity index (χ1) is 9.10. The molecule has 19 heavy (non-hydrogen) atoms. The van der Waals surface area contributed by atoms with Gasteiger partial charge in [-0.25, -0.2) is 4.39 Å². The van der Waals surface area contributed by atoms with Crippen LogP contribution in [0, 0.1) is 11.7 Å². The zero-order chi connectivity index (χ0) is 13.8. The average molecular weight is 267 g/mol. The van der Waals surface area contributed by atoms with Crippen LogP contribution in [0.25, 0.3) is 0 Å². The zero-order valence-corrected chi connectivity index (χ0v) is 11.6. The number of nitrogen functional groups attached to an aromatic ring is 1. The Morgan fingerprint density at radius 3 is 3.00 bits per heavy atom. The monoisotopic (exact) mass is 267 g/mol. The summed E-state index contributed by atoms with van der Waals surface area (Å²) in [5, 5.41) is 3.17. The molecule has 1 heterocycles. The van der Waals surface area contributed by atoms with E-state index in [-0.39, 0.29) is 5.82 Å². The van der Waals surface area contributed by atoms with Gasteiger partial charge >= 0.3 is 0 Å². The Hall–Kier alpha value is -1.49. The number of ether oxygens (including phenoxy) is 1. The van der Waals surface area contributed by atoms with Crippen LogP contribution in [-0.2, 0) is 0 Å². The number of anilines is 2. The summed E-state index contributed by atoms with van der Waals surface area (Å²) in [5.41, 5.74) is 6.44. The molecule has 0 radical (unpaired) electrons. The first-order valence-electron chi connectivity index (χ1n) is 6.65. The standard InChI is InChI=1S/C14H22FN3O/c1-18-5-3-4-10(9-18)8-17-13-7-14(19-2)12(16)6-11(13)15/h6-7,10,17H,3-5,8-9,16H2,1-2H3. The van der Waals surface area contributed by atoms with Crippen LogP contribution >= 0.6 is 0 Å². The summed E-state index contributed by atoms with van der Waals surface area (Å²) in [6.45, 7) is 2.98. The van der Waals surface area contributed by atoms with Gasteiger partial charge in [-0.2, -0.15) is 0 Å². The number of nitrogens with one attached hydrogen (secondary N) is 1. The third-order valence-electron chi connectivity index (χ3n) is 3.62. The van der Waals surface area contributed by atoms with Crippen molar-refractivity contribution in [3.8, 4) is 5.75 Å². The maximum Gasteiger partial charge on any atom is 0.148 e. The highest BCUT2D eigenvalue weighted by Gasteiger charge is 2.17. The SMILES string of the molecule is COc1cc(NCC2CCCN(C)C2)c(F)cc1N. The molecule has 1 unspecified atom stereocenters.